The molecule has 0 saturated carbocycles. The number of phosphoric ester groups is 1. The lowest BCUT2D eigenvalue weighted by atomic mass is 10.1. The third-order valence-corrected chi connectivity index (χ3v) is 3.65. The number of aryl methyl sites for hydroxylation is 1. The van der Waals surface area contributed by atoms with Crippen molar-refractivity contribution in [2.75, 3.05) is 5.75 Å². The predicted octanol–water partition coefficient (Wildman–Crippen LogP) is 0.178. The minimum Gasteiger partial charge on any atom is -0.506 e. The second kappa shape index (κ2) is 7.91. The Morgan fingerprint density at radius 3 is 2.68 bits per heavy atom. The summed E-state index contributed by atoms with van der Waals surface area (Å²) in [6.07, 6.45) is 1.30. The van der Waals surface area contributed by atoms with Gasteiger partial charge < -0.3 is 20.0 Å². The van der Waals surface area contributed by atoms with Crippen LogP contribution >= 0.6 is 20.5 Å². The van der Waals surface area contributed by atoms with E-state index in [0.717, 1.165) is 0 Å². The Morgan fingerprint density at radius 2 is 2.18 bits per heavy atom. The minimum absolute atomic E-state index is 0.0362. The van der Waals surface area contributed by atoms with Gasteiger partial charge in [-0.05, 0) is 6.92 Å². The fraction of sp³-hybridized carbons (Fsp3) is 0.455. The van der Waals surface area contributed by atoms with Crippen molar-refractivity contribution in [2.24, 2.45) is 0 Å². The van der Waals surface area contributed by atoms with Crippen LogP contribution in [0.3, 0.4) is 0 Å². The van der Waals surface area contributed by atoms with Gasteiger partial charge in [-0.15, -0.1) is 0 Å². The maximum atomic E-state index is 10.9. The maximum absolute atomic E-state index is 10.9. The molecule has 124 valence electrons. The van der Waals surface area contributed by atoms with E-state index in [2.05, 4.69) is 27.5 Å². The first kappa shape index (κ1) is 18.9. The Hall–Kier alpha value is -1.16. The molecule has 0 fully saturated rings. The van der Waals surface area contributed by atoms with Crippen molar-refractivity contribution in [3.63, 3.8) is 0 Å². The van der Waals surface area contributed by atoms with Crippen LogP contribution < -0.4 is 5.32 Å². The molecular formula is C11H17N2O7PS. The zero-order chi connectivity index (χ0) is 16.9. The Bertz CT molecular complexity index is 592. The van der Waals surface area contributed by atoms with E-state index >= 15 is 0 Å². The molecule has 0 aliphatic rings. The van der Waals surface area contributed by atoms with E-state index in [-0.39, 0.29) is 29.2 Å². The second-order valence-electron chi connectivity index (χ2n) is 4.41. The average Bonchev–Trinajstić information content (AvgIpc) is 2.41. The summed E-state index contributed by atoms with van der Waals surface area (Å²) in [5.74, 6) is -1.26. The van der Waals surface area contributed by atoms with Gasteiger partial charge in [-0.3, -0.25) is 19.6 Å². The number of hydrogen-bond acceptors (Lipinski definition) is 7. The molecule has 0 aromatic carbocycles. The highest BCUT2D eigenvalue weighted by molar-refractivity contribution is 7.80. The summed E-state index contributed by atoms with van der Waals surface area (Å²) in [4.78, 5) is 32.3. The van der Waals surface area contributed by atoms with Crippen LogP contribution in [0, 0.1) is 6.92 Å². The molecule has 0 saturated heterocycles. The highest BCUT2D eigenvalue weighted by Crippen LogP contribution is 2.38. The molecule has 0 unspecified atom stereocenters. The minimum atomic E-state index is -4.67. The van der Waals surface area contributed by atoms with Crippen molar-refractivity contribution >= 4 is 26.4 Å². The van der Waals surface area contributed by atoms with Gasteiger partial charge in [-0.1, -0.05) is 0 Å². The monoisotopic (exact) mass is 352 g/mol. The number of nitrogens with one attached hydrogen (secondary N) is 1. The van der Waals surface area contributed by atoms with Crippen LogP contribution in [0.25, 0.3) is 0 Å². The smallest absolute Gasteiger partial charge is 0.469 e. The Kier molecular flexibility index (Phi) is 6.79. The molecule has 11 heteroatoms. The van der Waals surface area contributed by atoms with Crippen molar-refractivity contribution in [1.82, 2.24) is 10.3 Å². The molecule has 1 rings (SSSR count). The summed E-state index contributed by atoms with van der Waals surface area (Å²) in [5, 5.41) is 21.6. The van der Waals surface area contributed by atoms with Crippen molar-refractivity contribution < 1.29 is 33.9 Å². The fourth-order valence-electron chi connectivity index (χ4n) is 1.61. The van der Waals surface area contributed by atoms with Crippen LogP contribution in [0.1, 0.15) is 16.8 Å². The number of carboxylic acid groups (broad SMARTS) is 1. The Balaban J connectivity index is 2.97. The zero-order valence-electron chi connectivity index (χ0n) is 11.6. The number of hydrogen-bond donors (Lipinski definition) is 6. The molecule has 0 radical (unpaired) electrons. The predicted molar refractivity (Wildman–Crippen MR) is 79.6 cm³/mol. The highest BCUT2D eigenvalue weighted by Gasteiger charge is 2.20. The van der Waals surface area contributed by atoms with Gasteiger partial charge in [0.05, 0.1) is 12.3 Å². The van der Waals surface area contributed by atoms with E-state index in [1.165, 1.54) is 6.20 Å². The number of pyridine rings is 1. The van der Waals surface area contributed by atoms with Gasteiger partial charge in [-0.25, -0.2) is 4.57 Å². The lowest BCUT2D eigenvalue weighted by Gasteiger charge is -2.16. The molecule has 1 atom stereocenters. The second-order valence-corrected chi connectivity index (χ2v) is 6.02. The third kappa shape index (κ3) is 5.56. The molecule has 0 bridgehead atoms. The van der Waals surface area contributed by atoms with Gasteiger partial charge >= 0.3 is 13.8 Å². The largest absolute Gasteiger partial charge is 0.506 e. The van der Waals surface area contributed by atoms with Crippen molar-refractivity contribution in [1.29, 1.82) is 0 Å². The fourth-order valence-corrected chi connectivity index (χ4v) is 2.21. The van der Waals surface area contributed by atoms with Crippen molar-refractivity contribution in [3.05, 3.63) is 23.0 Å². The molecule has 1 aromatic rings. The molecule has 0 spiro atoms. The summed E-state index contributed by atoms with van der Waals surface area (Å²) >= 11 is 3.91. The van der Waals surface area contributed by atoms with Gasteiger partial charge in [0.25, 0.3) is 0 Å². The Morgan fingerprint density at radius 1 is 1.55 bits per heavy atom. The molecule has 1 heterocycles. The first-order valence-corrected chi connectivity index (χ1v) is 8.25. The van der Waals surface area contributed by atoms with E-state index in [0.29, 0.717) is 5.69 Å². The molecule has 9 nitrogen and oxygen atoms in total. The number of nitrogens with zero attached hydrogens (tertiary/aromatic N) is 1. The summed E-state index contributed by atoms with van der Waals surface area (Å²) in [7, 11) is -4.67. The SMILES string of the molecule is Cc1ncc(COP(=O)(O)O)c(CN[C@@H](CS)C(=O)O)c1O. The normalized spacial score (nSPS) is 13.1. The van der Waals surface area contributed by atoms with Crippen molar-refractivity contribution in [3.8, 4) is 5.75 Å². The molecule has 0 aliphatic carbocycles. The molecular weight excluding hydrogens is 335 g/mol. The lowest BCUT2D eigenvalue weighted by Crippen LogP contribution is -2.38. The summed E-state index contributed by atoms with van der Waals surface area (Å²) in [6, 6.07) is -0.938. The van der Waals surface area contributed by atoms with Crippen LogP contribution in [0.5, 0.6) is 5.75 Å². The van der Waals surface area contributed by atoms with E-state index in [1.807, 2.05) is 0 Å². The van der Waals surface area contributed by atoms with E-state index in [4.69, 9.17) is 14.9 Å². The number of aromatic nitrogens is 1. The van der Waals surface area contributed by atoms with Gasteiger partial charge in [0.2, 0.25) is 0 Å². The summed E-state index contributed by atoms with van der Waals surface area (Å²) < 4.78 is 15.1. The molecule has 1 aromatic heterocycles. The van der Waals surface area contributed by atoms with E-state index in [1.54, 1.807) is 6.92 Å². The summed E-state index contributed by atoms with van der Waals surface area (Å²) in [6.45, 7) is 1.02. The number of carboxylic acids is 1. The number of rotatable bonds is 8. The van der Waals surface area contributed by atoms with Crippen LogP contribution in [0.15, 0.2) is 6.20 Å². The first-order chi connectivity index (χ1) is 10.2. The average molecular weight is 352 g/mol. The molecule has 0 amide bonds. The zero-order valence-corrected chi connectivity index (χ0v) is 13.4. The van der Waals surface area contributed by atoms with Crippen LogP contribution in [0.4, 0.5) is 0 Å². The number of aromatic hydroxyl groups is 1. The van der Waals surface area contributed by atoms with Gasteiger partial charge in [0.15, 0.2) is 0 Å². The maximum Gasteiger partial charge on any atom is 0.469 e. The third-order valence-electron chi connectivity index (χ3n) is 2.82. The van der Waals surface area contributed by atoms with Gasteiger partial charge in [0, 0.05) is 29.6 Å². The number of phosphoric acid groups is 1. The molecule has 0 aliphatic heterocycles. The number of aliphatic carboxylic acids is 1. The van der Waals surface area contributed by atoms with Gasteiger partial charge in [0.1, 0.15) is 11.8 Å². The molecule has 5 N–H and O–H groups in total. The van der Waals surface area contributed by atoms with Crippen LogP contribution in [-0.4, -0.2) is 42.7 Å². The number of thiol groups is 1. The van der Waals surface area contributed by atoms with Crippen molar-refractivity contribution in [2.45, 2.75) is 26.1 Å². The summed E-state index contributed by atoms with van der Waals surface area (Å²) in [5.41, 5.74) is 0.797. The Labute approximate surface area is 132 Å². The van der Waals surface area contributed by atoms with Crippen LogP contribution in [0.2, 0.25) is 0 Å². The molecule has 22 heavy (non-hydrogen) atoms. The van der Waals surface area contributed by atoms with Gasteiger partial charge in [-0.2, -0.15) is 12.6 Å². The van der Waals surface area contributed by atoms with E-state index in [9.17, 15) is 14.5 Å². The van der Waals surface area contributed by atoms with E-state index < -0.39 is 26.4 Å². The standard InChI is InChI=1S/C11H17N2O7PS/c1-6-10(14)8(3-13-9(5-22)11(15)16)7(2-12-6)4-20-21(17,18)19/h2,9,13-14,22H,3-5H2,1H3,(H,15,16)(H2,17,18,19)/t9-/m0/s1. The highest BCUT2D eigenvalue weighted by atomic mass is 32.1. The van der Waals surface area contributed by atoms with Crippen LogP contribution in [-0.2, 0) is 27.0 Å². The lowest BCUT2D eigenvalue weighted by molar-refractivity contribution is -0.138. The topological polar surface area (TPSA) is 149 Å². The first-order valence-electron chi connectivity index (χ1n) is 6.09. The number of carbonyl (C=O) groups is 1. The quantitative estimate of drug-likeness (QED) is 0.284.